The van der Waals surface area contributed by atoms with Gasteiger partial charge in [-0.3, -0.25) is 4.79 Å². The maximum Gasteiger partial charge on any atom is 0.240 e. The number of rotatable bonds is 5. The second kappa shape index (κ2) is 7.77. The number of carbonyl (C=O) groups excluding carboxylic acids is 1. The Labute approximate surface area is 146 Å². The molecule has 5 nitrogen and oxygen atoms in total. The summed E-state index contributed by atoms with van der Waals surface area (Å²) in [4.78, 5) is 14.3. The van der Waals surface area contributed by atoms with E-state index in [0.29, 0.717) is 11.8 Å². The molecule has 1 aromatic rings. The van der Waals surface area contributed by atoms with E-state index in [9.17, 15) is 13.2 Å². The average molecular weight is 403 g/mol. The predicted octanol–water partition coefficient (Wildman–Crippen LogP) is 2.62. The summed E-state index contributed by atoms with van der Waals surface area (Å²) in [5.41, 5.74) is 0. The molecule has 0 unspecified atom stereocenters. The number of halogens is 1. The minimum absolute atomic E-state index is 0.0157. The van der Waals surface area contributed by atoms with Crippen LogP contribution in [0.3, 0.4) is 0 Å². The fraction of sp³-hybridized carbons (Fsp3) is 0.562. The molecule has 1 aliphatic rings. The normalized spacial score (nSPS) is 22.1. The lowest BCUT2D eigenvalue weighted by Gasteiger charge is -2.35. The molecular weight excluding hydrogens is 380 g/mol. The highest BCUT2D eigenvalue weighted by atomic mass is 79.9. The molecule has 2 atom stereocenters. The van der Waals surface area contributed by atoms with Gasteiger partial charge in [0.15, 0.2) is 0 Å². The lowest BCUT2D eigenvalue weighted by molar-refractivity contribution is -0.133. The smallest absolute Gasteiger partial charge is 0.240 e. The molecule has 1 amide bonds. The predicted molar refractivity (Wildman–Crippen MR) is 93.5 cm³/mol. The molecule has 1 N–H and O–H groups in total. The van der Waals surface area contributed by atoms with E-state index in [1.165, 1.54) is 12.1 Å². The van der Waals surface area contributed by atoms with Crippen molar-refractivity contribution in [1.29, 1.82) is 0 Å². The first-order chi connectivity index (χ1) is 10.8. The van der Waals surface area contributed by atoms with Crippen LogP contribution in [0, 0.1) is 11.8 Å². The van der Waals surface area contributed by atoms with Gasteiger partial charge in [-0.05, 0) is 42.5 Å². The summed E-state index contributed by atoms with van der Waals surface area (Å²) in [5.74, 6) is 1.02. The Morgan fingerprint density at radius 1 is 1.22 bits per heavy atom. The van der Waals surface area contributed by atoms with Gasteiger partial charge >= 0.3 is 0 Å². The van der Waals surface area contributed by atoms with Crippen LogP contribution in [0.4, 0.5) is 0 Å². The van der Waals surface area contributed by atoms with Crippen LogP contribution in [0.25, 0.3) is 0 Å². The minimum Gasteiger partial charge on any atom is -0.342 e. The zero-order valence-electron chi connectivity index (χ0n) is 13.5. The monoisotopic (exact) mass is 402 g/mol. The Balaban J connectivity index is 1.86. The molecule has 1 heterocycles. The Bertz CT molecular complexity index is 636. The van der Waals surface area contributed by atoms with E-state index < -0.39 is 10.0 Å². The molecular formula is C16H23BrN2O3S. The number of benzene rings is 1. The Kier molecular flexibility index (Phi) is 6.22. The summed E-state index contributed by atoms with van der Waals surface area (Å²) < 4.78 is 27.6. The van der Waals surface area contributed by atoms with Crippen molar-refractivity contribution in [2.45, 2.75) is 31.6 Å². The molecule has 7 heteroatoms. The van der Waals surface area contributed by atoms with E-state index in [1.807, 2.05) is 4.90 Å². The van der Waals surface area contributed by atoms with Crippen LogP contribution >= 0.6 is 15.9 Å². The van der Waals surface area contributed by atoms with Gasteiger partial charge in [0.2, 0.25) is 15.9 Å². The first-order valence-electron chi connectivity index (χ1n) is 7.81. The van der Waals surface area contributed by atoms with Gasteiger partial charge in [-0.2, -0.15) is 0 Å². The highest BCUT2D eigenvalue weighted by Gasteiger charge is 2.25. The number of nitrogens with zero attached hydrogens (tertiary/aromatic N) is 1. The van der Waals surface area contributed by atoms with E-state index in [-0.39, 0.29) is 23.8 Å². The molecule has 0 radical (unpaired) electrons. The fourth-order valence-corrected chi connectivity index (χ4v) is 4.31. The number of hydrogen-bond donors (Lipinski definition) is 1. The highest BCUT2D eigenvalue weighted by molar-refractivity contribution is 9.10. The molecule has 128 valence electrons. The molecule has 1 saturated heterocycles. The Morgan fingerprint density at radius 3 is 2.35 bits per heavy atom. The van der Waals surface area contributed by atoms with Crippen LogP contribution in [0.15, 0.2) is 33.6 Å². The average Bonchev–Trinajstić information content (AvgIpc) is 2.46. The summed E-state index contributed by atoms with van der Waals surface area (Å²) in [6, 6.07) is 6.41. The number of piperidine rings is 1. The highest BCUT2D eigenvalue weighted by Crippen LogP contribution is 2.21. The molecule has 1 fully saturated rings. The number of sulfonamides is 1. The summed E-state index contributed by atoms with van der Waals surface area (Å²) in [7, 11) is -3.57. The first-order valence-corrected chi connectivity index (χ1v) is 10.1. The molecule has 0 saturated carbocycles. The number of hydrogen-bond acceptors (Lipinski definition) is 3. The number of nitrogens with one attached hydrogen (secondary N) is 1. The second-order valence-corrected chi connectivity index (χ2v) is 9.03. The van der Waals surface area contributed by atoms with Crippen LogP contribution in [0.5, 0.6) is 0 Å². The number of carbonyl (C=O) groups is 1. The Morgan fingerprint density at radius 2 is 1.78 bits per heavy atom. The molecule has 23 heavy (non-hydrogen) atoms. The van der Waals surface area contributed by atoms with Gasteiger partial charge in [-0.25, -0.2) is 13.1 Å². The molecule has 0 aliphatic carbocycles. The lowest BCUT2D eigenvalue weighted by Crippen LogP contribution is -2.43. The van der Waals surface area contributed by atoms with Gasteiger partial charge in [-0.1, -0.05) is 29.8 Å². The molecule has 0 spiro atoms. The van der Waals surface area contributed by atoms with Gasteiger partial charge in [0, 0.05) is 30.5 Å². The van der Waals surface area contributed by atoms with Crippen molar-refractivity contribution in [2.75, 3.05) is 19.6 Å². The quantitative estimate of drug-likeness (QED) is 0.822. The fourth-order valence-electron chi connectivity index (χ4n) is 3.01. The van der Waals surface area contributed by atoms with Crippen LogP contribution in [-0.2, 0) is 14.8 Å². The van der Waals surface area contributed by atoms with Crippen LogP contribution < -0.4 is 4.72 Å². The van der Waals surface area contributed by atoms with Gasteiger partial charge in [0.05, 0.1) is 4.90 Å². The number of likely N-dealkylation sites (tertiary alicyclic amines) is 1. The zero-order chi connectivity index (χ0) is 17.0. The van der Waals surface area contributed by atoms with Gasteiger partial charge in [-0.15, -0.1) is 0 Å². The van der Waals surface area contributed by atoms with Crippen molar-refractivity contribution in [1.82, 2.24) is 9.62 Å². The van der Waals surface area contributed by atoms with E-state index >= 15 is 0 Å². The van der Waals surface area contributed by atoms with Gasteiger partial charge in [0.1, 0.15) is 0 Å². The van der Waals surface area contributed by atoms with Gasteiger partial charge < -0.3 is 4.90 Å². The first kappa shape index (κ1) is 18.4. The van der Waals surface area contributed by atoms with Crippen molar-refractivity contribution >= 4 is 31.9 Å². The topological polar surface area (TPSA) is 66.5 Å². The standard InChI is InChI=1S/C16H23BrN2O3S/c1-12-9-13(2)11-19(10-12)16(20)7-8-18-23(21,22)15-5-3-14(17)4-6-15/h3-6,12-13,18H,7-11H2,1-2H3/t12-,13+. The molecule has 0 bridgehead atoms. The van der Waals surface area contributed by atoms with Crippen molar-refractivity contribution in [3.63, 3.8) is 0 Å². The summed E-state index contributed by atoms with van der Waals surface area (Å²) in [6.07, 6.45) is 1.33. The third-order valence-corrected chi connectivity index (χ3v) is 5.98. The minimum atomic E-state index is -3.57. The molecule has 0 aromatic heterocycles. The van der Waals surface area contributed by atoms with Crippen LogP contribution in [0.1, 0.15) is 26.7 Å². The number of amides is 1. The van der Waals surface area contributed by atoms with Crippen molar-refractivity contribution in [2.24, 2.45) is 11.8 Å². The Hall–Kier alpha value is -0.920. The summed E-state index contributed by atoms with van der Waals surface area (Å²) in [5, 5.41) is 0. The molecule has 1 aliphatic heterocycles. The summed E-state index contributed by atoms with van der Waals surface area (Å²) >= 11 is 3.27. The van der Waals surface area contributed by atoms with E-state index in [4.69, 9.17) is 0 Å². The molecule has 2 rings (SSSR count). The molecule has 1 aromatic carbocycles. The zero-order valence-corrected chi connectivity index (χ0v) is 15.9. The van der Waals surface area contributed by atoms with E-state index in [1.54, 1.807) is 12.1 Å². The van der Waals surface area contributed by atoms with Crippen molar-refractivity contribution < 1.29 is 13.2 Å². The largest absolute Gasteiger partial charge is 0.342 e. The van der Waals surface area contributed by atoms with Gasteiger partial charge in [0.25, 0.3) is 0 Å². The lowest BCUT2D eigenvalue weighted by atomic mass is 9.92. The summed E-state index contributed by atoms with van der Waals surface area (Å²) in [6.45, 7) is 5.94. The maximum atomic E-state index is 12.2. The van der Waals surface area contributed by atoms with Crippen molar-refractivity contribution in [3.05, 3.63) is 28.7 Å². The SMILES string of the molecule is C[C@@H]1C[C@H](C)CN(C(=O)CCNS(=O)(=O)c2ccc(Br)cc2)C1. The van der Waals surface area contributed by atoms with E-state index in [2.05, 4.69) is 34.5 Å². The van der Waals surface area contributed by atoms with Crippen molar-refractivity contribution in [3.8, 4) is 0 Å². The third kappa shape index (κ3) is 5.29. The second-order valence-electron chi connectivity index (χ2n) is 6.35. The third-order valence-electron chi connectivity index (χ3n) is 3.98. The van der Waals surface area contributed by atoms with Crippen LogP contribution in [-0.4, -0.2) is 38.9 Å². The van der Waals surface area contributed by atoms with E-state index in [0.717, 1.165) is 24.0 Å². The van der Waals surface area contributed by atoms with Crippen LogP contribution in [0.2, 0.25) is 0 Å². The maximum absolute atomic E-state index is 12.2.